The van der Waals surface area contributed by atoms with Crippen molar-refractivity contribution in [1.82, 2.24) is 20.4 Å². The van der Waals surface area contributed by atoms with E-state index in [4.69, 9.17) is 0 Å². The second kappa shape index (κ2) is 9.66. The highest BCUT2D eigenvalue weighted by molar-refractivity contribution is 5.99. The Morgan fingerprint density at radius 3 is 3.04 bits per heavy atom. The molecule has 148 valence electrons. The molecule has 1 aromatic carbocycles. The van der Waals surface area contributed by atoms with Gasteiger partial charge >= 0.3 is 6.61 Å². The van der Waals surface area contributed by atoms with Gasteiger partial charge in [-0.3, -0.25) is 9.89 Å². The van der Waals surface area contributed by atoms with Crippen LogP contribution in [-0.4, -0.2) is 54.3 Å². The minimum atomic E-state index is -2.90. The molecule has 1 aliphatic heterocycles. The van der Waals surface area contributed by atoms with Crippen molar-refractivity contribution in [2.24, 2.45) is 5.92 Å². The number of ether oxygens (including phenoxy) is 1. The van der Waals surface area contributed by atoms with E-state index in [0.717, 1.165) is 19.4 Å². The normalized spacial score (nSPS) is 16.9. The molecule has 1 aromatic heterocycles. The number of nitrogens with one attached hydrogen (secondary N) is 2. The second-order valence-corrected chi connectivity index (χ2v) is 6.38. The van der Waals surface area contributed by atoms with Crippen LogP contribution in [0.3, 0.4) is 0 Å². The molecule has 1 fully saturated rings. The highest BCUT2D eigenvalue weighted by Crippen LogP contribution is 2.28. The van der Waals surface area contributed by atoms with E-state index in [2.05, 4.69) is 20.3 Å². The predicted molar refractivity (Wildman–Crippen MR) is 100 cm³/mol. The summed E-state index contributed by atoms with van der Waals surface area (Å²) in [5.74, 6) is 0.364. The van der Waals surface area contributed by atoms with Gasteiger partial charge < -0.3 is 15.0 Å². The molecule has 1 aliphatic rings. The third-order valence-electron chi connectivity index (χ3n) is 4.52. The average molecular weight is 401 g/mol. The minimum Gasteiger partial charge on any atom is -0.435 e. The molecular weight excluding hydrogens is 378 g/mol. The van der Waals surface area contributed by atoms with E-state index in [1.54, 1.807) is 12.1 Å². The Morgan fingerprint density at radius 1 is 1.48 bits per heavy atom. The average Bonchev–Trinajstić information content (AvgIpc) is 3.11. The van der Waals surface area contributed by atoms with Crippen LogP contribution in [0.4, 0.5) is 8.78 Å². The maximum absolute atomic E-state index is 13.0. The molecule has 27 heavy (non-hydrogen) atoms. The number of aromatic amines is 1. The zero-order valence-electron chi connectivity index (χ0n) is 15.0. The third-order valence-corrected chi connectivity index (χ3v) is 4.52. The summed E-state index contributed by atoms with van der Waals surface area (Å²) < 4.78 is 29.3. The topological polar surface area (TPSA) is 70.2 Å². The number of aromatic nitrogens is 2. The summed E-state index contributed by atoms with van der Waals surface area (Å²) in [5.41, 5.74) is 1.52. The van der Waals surface area contributed by atoms with E-state index < -0.39 is 6.61 Å². The number of nitrogens with zero attached hydrogens (tertiary/aromatic N) is 2. The van der Waals surface area contributed by atoms with Crippen molar-refractivity contribution in [2.45, 2.75) is 19.5 Å². The molecule has 2 heterocycles. The largest absolute Gasteiger partial charge is 0.435 e. The predicted octanol–water partition coefficient (Wildman–Crippen LogP) is 3.17. The number of halogens is 3. The number of rotatable bonds is 6. The Morgan fingerprint density at radius 2 is 2.30 bits per heavy atom. The highest BCUT2D eigenvalue weighted by Gasteiger charge is 2.26. The number of hydrogen-bond acceptors (Lipinski definition) is 4. The number of carbonyl (C=O) groups is 1. The Balaban J connectivity index is 0.00000261. The monoisotopic (exact) mass is 400 g/mol. The molecular formula is C18H23ClF2N4O2. The molecule has 9 heteroatoms. The molecule has 0 saturated carbocycles. The first kappa shape index (κ1) is 21.1. The lowest BCUT2D eigenvalue weighted by molar-refractivity contribution is -0.0498. The first-order valence-corrected chi connectivity index (χ1v) is 8.61. The maximum Gasteiger partial charge on any atom is 0.387 e. The van der Waals surface area contributed by atoms with E-state index in [0.29, 0.717) is 35.8 Å². The number of benzene rings is 1. The molecule has 1 amide bonds. The Labute approximate surface area is 162 Å². The minimum absolute atomic E-state index is 0. The first-order valence-electron chi connectivity index (χ1n) is 8.61. The van der Waals surface area contributed by atoms with Crippen LogP contribution in [-0.2, 0) is 0 Å². The summed E-state index contributed by atoms with van der Waals surface area (Å²) >= 11 is 0. The maximum atomic E-state index is 13.0. The van der Waals surface area contributed by atoms with Crippen molar-refractivity contribution in [2.75, 3.05) is 26.7 Å². The van der Waals surface area contributed by atoms with E-state index in [9.17, 15) is 13.6 Å². The molecule has 1 atom stereocenters. The van der Waals surface area contributed by atoms with Crippen molar-refractivity contribution in [3.05, 3.63) is 36.0 Å². The fourth-order valence-electron chi connectivity index (χ4n) is 3.37. The SMILES string of the molecule is CNCC1CCCN(C(=O)c2cn[nH]c2-c2cccc(OC(F)F)c2)C1.Cl. The van der Waals surface area contributed by atoms with Gasteiger partial charge in [0.2, 0.25) is 0 Å². The zero-order chi connectivity index (χ0) is 18.5. The molecule has 3 rings (SSSR count). The van der Waals surface area contributed by atoms with Crippen LogP contribution in [0.15, 0.2) is 30.5 Å². The van der Waals surface area contributed by atoms with Crippen molar-refractivity contribution < 1.29 is 18.3 Å². The summed E-state index contributed by atoms with van der Waals surface area (Å²) in [4.78, 5) is 14.8. The summed E-state index contributed by atoms with van der Waals surface area (Å²) in [6.45, 7) is -0.628. The van der Waals surface area contributed by atoms with Gasteiger partial charge in [0.25, 0.3) is 5.91 Å². The first-order chi connectivity index (χ1) is 12.6. The Hall–Kier alpha value is -2.19. The van der Waals surface area contributed by atoms with Gasteiger partial charge in [-0.25, -0.2) is 0 Å². The van der Waals surface area contributed by atoms with E-state index >= 15 is 0 Å². The molecule has 0 radical (unpaired) electrons. The van der Waals surface area contributed by atoms with Gasteiger partial charge in [0, 0.05) is 18.7 Å². The Kier molecular flexibility index (Phi) is 7.55. The van der Waals surface area contributed by atoms with Crippen molar-refractivity contribution in [1.29, 1.82) is 0 Å². The molecule has 1 unspecified atom stereocenters. The van der Waals surface area contributed by atoms with Crippen LogP contribution < -0.4 is 10.1 Å². The molecule has 1 saturated heterocycles. The number of alkyl halides is 2. The lowest BCUT2D eigenvalue weighted by Crippen LogP contribution is -2.42. The second-order valence-electron chi connectivity index (χ2n) is 6.38. The fourth-order valence-corrected chi connectivity index (χ4v) is 3.37. The fraction of sp³-hybridized carbons (Fsp3) is 0.444. The number of piperidine rings is 1. The number of amides is 1. The molecule has 6 nitrogen and oxygen atoms in total. The van der Waals surface area contributed by atoms with Gasteiger partial charge in [0.15, 0.2) is 0 Å². The van der Waals surface area contributed by atoms with E-state index in [-0.39, 0.29) is 24.1 Å². The molecule has 2 aromatic rings. The van der Waals surface area contributed by atoms with Gasteiger partial charge in [-0.05, 0) is 44.5 Å². The summed E-state index contributed by atoms with van der Waals surface area (Å²) in [6, 6.07) is 6.24. The van der Waals surface area contributed by atoms with Gasteiger partial charge in [-0.1, -0.05) is 12.1 Å². The standard InChI is InChI=1S/C18H22F2N4O2.ClH/c1-21-9-12-4-3-7-24(11-12)17(25)15-10-22-23-16(15)13-5-2-6-14(8-13)26-18(19)20;/h2,5-6,8,10,12,18,21H,3-4,7,9,11H2,1H3,(H,22,23);1H. The lowest BCUT2D eigenvalue weighted by atomic mass is 9.97. The van der Waals surface area contributed by atoms with Crippen LogP contribution in [0.5, 0.6) is 5.75 Å². The van der Waals surface area contributed by atoms with E-state index in [1.165, 1.54) is 18.3 Å². The van der Waals surface area contributed by atoms with Gasteiger partial charge in [0.05, 0.1) is 17.5 Å². The molecule has 0 aliphatic carbocycles. The van der Waals surface area contributed by atoms with Crippen LogP contribution in [0.25, 0.3) is 11.3 Å². The zero-order valence-corrected chi connectivity index (χ0v) is 15.8. The summed E-state index contributed by atoms with van der Waals surface area (Å²) in [6.07, 6.45) is 3.54. The number of likely N-dealkylation sites (tertiary alicyclic amines) is 1. The smallest absolute Gasteiger partial charge is 0.387 e. The van der Waals surface area contributed by atoms with Gasteiger partial charge in [0.1, 0.15) is 5.75 Å². The summed E-state index contributed by atoms with van der Waals surface area (Å²) in [5, 5.41) is 9.95. The van der Waals surface area contributed by atoms with E-state index in [1.807, 2.05) is 11.9 Å². The van der Waals surface area contributed by atoms with Crippen molar-refractivity contribution in [3.63, 3.8) is 0 Å². The van der Waals surface area contributed by atoms with Crippen LogP contribution >= 0.6 is 12.4 Å². The quantitative estimate of drug-likeness (QED) is 0.781. The van der Waals surface area contributed by atoms with Crippen LogP contribution in [0.2, 0.25) is 0 Å². The third kappa shape index (κ3) is 5.17. The molecule has 0 bridgehead atoms. The van der Waals surface area contributed by atoms with Gasteiger partial charge in [-0.15, -0.1) is 12.4 Å². The number of H-pyrrole nitrogens is 1. The van der Waals surface area contributed by atoms with Crippen molar-refractivity contribution in [3.8, 4) is 17.0 Å². The Bertz CT molecular complexity index is 754. The molecule has 0 spiro atoms. The van der Waals surface area contributed by atoms with Crippen molar-refractivity contribution >= 4 is 18.3 Å². The van der Waals surface area contributed by atoms with Crippen LogP contribution in [0, 0.1) is 5.92 Å². The number of hydrogen-bond donors (Lipinski definition) is 2. The van der Waals surface area contributed by atoms with Gasteiger partial charge in [-0.2, -0.15) is 13.9 Å². The molecule has 2 N–H and O–H groups in total. The van der Waals surface area contributed by atoms with Crippen LogP contribution in [0.1, 0.15) is 23.2 Å². The highest BCUT2D eigenvalue weighted by atomic mass is 35.5. The lowest BCUT2D eigenvalue weighted by Gasteiger charge is -2.32. The summed E-state index contributed by atoms with van der Waals surface area (Å²) in [7, 11) is 1.91. The number of carbonyl (C=O) groups excluding carboxylic acids is 1.